The summed E-state index contributed by atoms with van der Waals surface area (Å²) in [5.74, 6) is 0. The maximum atomic E-state index is 3.54. The Labute approximate surface area is 115 Å². The van der Waals surface area contributed by atoms with Gasteiger partial charge in [0.15, 0.2) is 0 Å². The number of benzene rings is 2. The second-order valence-electron chi connectivity index (χ2n) is 5.00. The minimum Gasteiger partial charge on any atom is -0.370 e. The average Bonchev–Trinajstić information content (AvgIpc) is 2.42. The zero-order valence-electron chi connectivity index (χ0n) is 11.9. The van der Waals surface area contributed by atoms with E-state index in [0.29, 0.717) is 0 Å². The van der Waals surface area contributed by atoms with Crippen molar-refractivity contribution in [2.24, 2.45) is 0 Å². The highest BCUT2D eigenvalue weighted by Crippen LogP contribution is 2.19. The Bertz CT molecular complexity index is 500. The Morgan fingerprint density at radius 3 is 2.16 bits per heavy atom. The van der Waals surface area contributed by atoms with Crippen LogP contribution in [0.5, 0.6) is 0 Å². The molecule has 0 saturated carbocycles. The molecule has 0 aliphatic heterocycles. The molecule has 100 valence electrons. The first kappa shape index (κ1) is 13.6. The topological polar surface area (TPSA) is 24.1 Å². The van der Waals surface area contributed by atoms with Gasteiger partial charge in [0.1, 0.15) is 0 Å². The molecule has 0 saturated heterocycles. The summed E-state index contributed by atoms with van der Waals surface area (Å²) >= 11 is 0. The van der Waals surface area contributed by atoms with E-state index < -0.39 is 0 Å². The normalized spacial score (nSPS) is 12.2. The molecule has 2 heteroatoms. The van der Waals surface area contributed by atoms with Gasteiger partial charge in [-0.3, -0.25) is 5.32 Å². The highest BCUT2D eigenvalue weighted by Gasteiger charge is 2.05. The summed E-state index contributed by atoms with van der Waals surface area (Å²) in [6, 6.07) is 16.8. The quantitative estimate of drug-likeness (QED) is 0.792. The lowest BCUT2D eigenvalue weighted by Crippen LogP contribution is -2.33. The molecule has 0 bridgehead atoms. The molecule has 0 heterocycles. The number of aryl methyl sites for hydroxylation is 2. The summed E-state index contributed by atoms with van der Waals surface area (Å²) in [5.41, 5.74) is 5.11. The van der Waals surface area contributed by atoms with E-state index in [1.807, 2.05) is 6.07 Å². The van der Waals surface area contributed by atoms with Gasteiger partial charge >= 0.3 is 0 Å². The largest absolute Gasteiger partial charge is 0.370 e. The summed E-state index contributed by atoms with van der Waals surface area (Å²) in [7, 11) is 0. The average molecular weight is 254 g/mol. The maximum absolute atomic E-state index is 3.54. The van der Waals surface area contributed by atoms with Crippen LogP contribution in [0.2, 0.25) is 0 Å². The fourth-order valence-corrected chi connectivity index (χ4v) is 2.18. The van der Waals surface area contributed by atoms with Gasteiger partial charge in [0.05, 0.1) is 6.17 Å². The van der Waals surface area contributed by atoms with Crippen molar-refractivity contribution in [2.45, 2.75) is 33.5 Å². The summed E-state index contributed by atoms with van der Waals surface area (Å²) in [5, 5.41) is 7.03. The molecule has 0 aliphatic rings. The smallest absolute Gasteiger partial charge is 0.0742 e. The summed E-state index contributed by atoms with van der Waals surface area (Å²) in [6.45, 7) is 7.30. The van der Waals surface area contributed by atoms with Gasteiger partial charge < -0.3 is 5.32 Å². The number of anilines is 1. The van der Waals surface area contributed by atoms with E-state index in [1.165, 1.54) is 22.4 Å². The monoisotopic (exact) mass is 254 g/mol. The van der Waals surface area contributed by atoms with E-state index in [0.717, 1.165) is 6.54 Å². The molecule has 0 aliphatic carbocycles. The molecule has 2 aromatic rings. The first-order valence-corrected chi connectivity index (χ1v) is 6.77. The summed E-state index contributed by atoms with van der Waals surface area (Å²) < 4.78 is 0. The SMILES string of the molecule is Cc1cccc(C)c1NC(C)NCc1ccccc1. The molecule has 0 radical (unpaired) electrons. The fraction of sp³-hybridized carbons (Fsp3) is 0.294. The lowest BCUT2D eigenvalue weighted by molar-refractivity contribution is 0.599. The lowest BCUT2D eigenvalue weighted by Gasteiger charge is -2.20. The third kappa shape index (κ3) is 3.83. The van der Waals surface area contributed by atoms with Crippen LogP contribution in [0.4, 0.5) is 5.69 Å². The van der Waals surface area contributed by atoms with Crippen LogP contribution in [0.3, 0.4) is 0 Å². The molecule has 1 unspecified atom stereocenters. The van der Waals surface area contributed by atoms with Crippen molar-refractivity contribution < 1.29 is 0 Å². The van der Waals surface area contributed by atoms with Crippen LogP contribution in [-0.4, -0.2) is 6.17 Å². The van der Waals surface area contributed by atoms with Gasteiger partial charge in [-0.15, -0.1) is 0 Å². The molecule has 2 nitrogen and oxygen atoms in total. The number of para-hydroxylation sites is 1. The van der Waals surface area contributed by atoms with Crippen molar-refractivity contribution in [3.8, 4) is 0 Å². The lowest BCUT2D eigenvalue weighted by atomic mass is 10.1. The van der Waals surface area contributed by atoms with E-state index in [-0.39, 0.29) is 6.17 Å². The fourth-order valence-electron chi connectivity index (χ4n) is 2.18. The Balaban J connectivity index is 1.93. The van der Waals surface area contributed by atoms with Gasteiger partial charge in [0.25, 0.3) is 0 Å². The molecule has 0 spiro atoms. The Kier molecular flexibility index (Phi) is 4.58. The number of rotatable bonds is 5. The van der Waals surface area contributed by atoms with Crippen molar-refractivity contribution in [3.05, 3.63) is 65.2 Å². The molecule has 1 atom stereocenters. The minimum atomic E-state index is 0.236. The van der Waals surface area contributed by atoms with Crippen LogP contribution in [0.25, 0.3) is 0 Å². The predicted molar refractivity (Wildman–Crippen MR) is 82.3 cm³/mol. The van der Waals surface area contributed by atoms with Crippen LogP contribution in [0.15, 0.2) is 48.5 Å². The molecule has 2 aromatic carbocycles. The molecule has 0 amide bonds. The first-order valence-electron chi connectivity index (χ1n) is 6.77. The van der Waals surface area contributed by atoms with E-state index in [2.05, 4.69) is 73.9 Å². The third-order valence-electron chi connectivity index (χ3n) is 3.30. The minimum absolute atomic E-state index is 0.236. The van der Waals surface area contributed by atoms with Crippen LogP contribution >= 0.6 is 0 Å². The van der Waals surface area contributed by atoms with E-state index in [1.54, 1.807) is 0 Å². The Hall–Kier alpha value is -1.80. The van der Waals surface area contributed by atoms with Gasteiger partial charge in [-0.1, -0.05) is 48.5 Å². The van der Waals surface area contributed by atoms with Crippen LogP contribution < -0.4 is 10.6 Å². The van der Waals surface area contributed by atoms with Crippen molar-refractivity contribution in [1.29, 1.82) is 0 Å². The highest BCUT2D eigenvalue weighted by molar-refractivity contribution is 5.56. The van der Waals surface area contributed by atoms with E-state index in [4.69, 9.17) is 0 Å². The first-order chi connectivity index (χ1) is 9.16. The van der Waals surface area contributed by atoms with Crippen molar-refractivity contribution in [2.75, 3.05) is 5.32 Å². The molecule has 0 fully saturated rings. The number of nitrogens with one attached hydrogen (secondary N) is 2. The predicted octanol–water partition coefficient (Wildman–Crippen LogP) is 3.85. The van der Waals surface area contributed by atoms with Crippen molar-refractivity contribution in [3.63, 3.8) is 0 Å². The Morgan fingerprint density at radius 1 is 0.895 bits per heavy atom. The molecule has 0 aromatic heterocycles. The molecular weight excluding hydrogens is 232 g/mol. The standard InChI is InChI=1S/C17H22N2/c1-13-8-7-9-14(2)17(13)19-15(3)18-12-16-10-5-4-6-11-16/h4-11,15,18-19H,12H2,1-3H3. The van der Waals surface area contributed by atoms with E-state index >= 15 is 0 Å². The van der Waals surface area contributed by atoms with Gasteiger partial charge in [0.2, 0.25) is 0 Å². The van der Waals surface area contributed by atoms with Crippen molar-refractivity contribution >= 4 is 5.69 Å². The van der Waals surface area contributed by atoms with E-state index in [9.17, 15) is 0 Å². The number of hydrogen-bond acceptors (Lipinski definition) is 2. The number of hydrogen-bond donors (Lipinski definition) is 2. The summed E-state index contributed by atoms with van der Waals surface area (Å²) in [4.78, 5) is 0. The van der Waals surface area contributed by atoms with Crippen LogP contribution in [-0.2, 0) is 6.54 Å². The molecular formula is C17H22N2. The molecule has 2 rings (SSSR count). The highest BCUT2D eigenvalue weighted by atomic mass is 15.1. The van der Waals surface area contributed by atoms with Gasteiger partial charge in [0, 0.05) is 12.2 Å². The second-order valence-corrected chi connectivity index (χ2v) is 5.00. The zero-order valence-corrected chi connectivity index (χ0v) is 11.9. The second kappa shape index (κ2) is 6.39. The molecule has 19 heavy (non-hydrogen) atoms. The van der Waals surface area contributed by atoms with Crippen LogP contribution in [0, 0.1) is 13.8 Å². The van der Waals surface area contributed by atoms with Crippen LogP contribution in [0.1, 0.15) is 23.6 Å². The third-order valence-corrected chi connectivity index (χ3v) is 3.30. The maximum Gasteiger partial charge on any atom is 0.0742 e. The van der Waals surface area contributed by atoms with Crippen molar-refractivity contribution in [1.82, 2.24) is 5.32 Å². The molecule has 2 N–H and O–H groups in total. The van der Waals surface area contributed by atoms with Gasteiger partial charge in [-0.05, 0) is 37.5 Å². The zero-order chi connectivity index (χ0) is 13.7. The summed E-state index contributed by atoms with van der Waals surface area (Å²) in [6.07, 6.45) is 0.236. The van der Waals surface area contributed by atoms with Gasteiger partial charge in [-0.25, -0.2) is 0 Å². The van der Waals surface area contributed by atoms with Gasteiger partial charge in [-0.2, -0.15) is 0 Å². The Morgan fingerprint density at radius 2 is 1.53 bits per heavy atom.